The Morgan fingerprint density at radius 1 is 1.35 bits per heavy atom. The number of halogens is 1. The van der Waals surface area contributed by atoms with Crippen LogP contribution < -0.4 is 5.73 Å². The van der Waals surface area contributed by atoms with Gasteiger partial charge in [-0.1, -0.05) is 19.4 Å². The van der Waals surface area contributed by atoms with Gasteiger partial charge in [0.2, 0.25) is 0 Å². The first-order valence-corrected chi connectivity index (χ1v) is 6.04. The molecule has 17 heavy (non-hydrogen) atoms. The minimum atomic E-state index is -0.312. The van der Waals surface area contributed by atoms with Crippen molar-refractivity contribution in [3.8, 4) is 0 Å². The van der Waals surface area contributed by atoms with Crippen LogP contribution in [0.25, 0.3) is 0 Å². The highest BCUT2D eigenvalue weighted by molar-refractivity contribution is 5.46. The van der Waals surface area contributed by atoms with E-state index in [9.17, 15) is 4.39 Å². The number of aliphatic hydroxyl groups excluding tert-OH is 1. The zero-order valence-electron chi connectivity index (χ0n) is 10.3. The van der Waals surface area contributed by atoms with Gasteiger partial charge in [0.25, 0.3) is 0 Å². The van der Waals surface area contributed by atoms with Gasteiger partial charge in [-0.3, -0.25) is 4.90 Å². The molecule has 0 aliphatic carbocycles. The highest BCUT2D eigenvalue weighted by atomic mass is 19.1. The summed E-state index contributed by atoms with van der Waals surface area (Å²) in [6.07, 6.45) is 2.20. The van der Waals surface area contributed by atoms with Gasteiger partial charge in [-0.05, 0) is 30.7 Å². The normalized spacial score (nSPS) is 11.1. The molecule has 0 aliphatic rings. The Hall–Kier alpha value is -1.13. The van der Waals surface area contributed by atoms with Gasteiger partial charge in [-0.25, -0.2) is 4.39 Å². The third kappa shape index (κ3) is 4.71. The standard InChI is InChI=1S/C13H21FN2O/c1-2-3-6-16(7-8-17)10-11-4-5-12(14)9-13(11)15/h4-5,9,17H,2-3,6-8,10,15H2,1H3. The van der Waals surface area contributed by atoms with Crippen molar-refractivity contribution in [1.29, 1.82) is 0 Å². The number of hydrogen-bond acceptors (Lipinski definition) is 3. The van der Waals surface area contributed by atoms with E-state index in [4.69, 9.17) is 10.8 Å². The second kappa shape index (κ2) is 7.25. The van der Waals surface area contributed by atoms with Crippen molar-refractivity contribution < 1.29 is 9.50 Å². The molecule has 1 aromatic rings. The summed E-state index contributed by atoms with van der Waals surface area (Å²) < 4.78 is 12.9. The number of aliphatic hydroxyl groups is 1. The predicted octanol–water partition coefficient (Wildman–Crippen LogP) is 2.00. The molecule has 0 radical (unpaired) electrons. The fourth-order valence-electron chi connectivity index (χ4n) is 1.74. The Morgan fingerprint density at radius 2 is 2.12 bits per heavy atom. The molecule has 0 atom stereocenters. The lowest BCUT2D eigenvalue weighted by atomic mass is 10.1. The molecule has 0 amide bonds. The molecule has 96 valence electrons. The van der Waals surface area contributed by atoms with Crippen LogP contribution in [-0.2, 0) is 6.54 Å². The van der Waals surface area contributed by atoms with E-state index in [0.29, 0.717) is 18.8 Å². The van der Waals surface area contributed by atoms with Gasteiger partial charge in [0, 0.05) is 18.8 Å². The molecule has 0 heterocycles. The van der Waals surface area contributed by atoms with Crippen LogP contribution in [0.4, 0.5) is 10.1 Å². The fraction of sp³-hybridized carbons (Fsp3) is 0.538. The summed E-state index contributed by atoms with van der Waals surface area (Å²) in [6, 6.07) is 4.47. The third-order valence-electron chi connectivity index (χ3n) is 2.75. The molecule has 0 bridgehead atoms. The first-order valence-electron chi connectivity index (χ1n) is 6.04. The molecule has 1 aromatic carbocycles. The van der Waals surface area contributed by atoms with Gasteiger partial charge >= 0.3 is 0 Å². The van der Waals surface area contributed by atoms with Gasteiger partial charge in [0.1, 0.15) is 5.82 Å². The van der Waals surface area contributed by atoms with Gasteiger partial charge in [-0.2, -0.15) is 0 Å². The first kappa shape index (κ1) is 13.9. The summed E-state index contributed by atoms with van der Waals surface area (Å²) in [4.78, 5) is 2.13. The van der Waals surface area contributed by atoms with E-state index in [1.165, 1.54) is 12.1 Å². The number of nitrogen functional groups attached to an aromatic ring is 1. The molecule has 0 unspecified atom stereocenters. The van der Waals surface area contributed by atoms with E-state index in [0.717, 1.165) is 24.9 Å². The molecule has 0 spiro atoms. The van der Waals surface area contributed by atoms with Gasteiger partial charge in [0.05, 0.1) is 6.61 Å². The van der Waals surface area contributed by atoms with E-state index < -0.39 is 0 Å². The average Bonchev–Trinajstić information content (AvgIpc) is 2.29. The maximum Gasteiger partial charge on any atom is 0.125 e. The fourth-order valence-corrected chi connectivity index (χ4v) is 1.74. The summed E-state index contributed by atoms with van der Waals surface area (Å²) >= 11 is 0. The Labute approximate surface area is 102 Å². The maximum absolute atomic E-state index is 12.9. The highest BCUT2D eigenvalue weighted by Crippen LogP contribution is 2.15. The summed E-state index contributed by atoms with van der Waals surface area (Å²) in [6.45, 7) is 4.46. The number of rotatable bonds is 7. The quantitative estimate of drug-likeness (QED) is 0.717. The molecule has 0 saturated heterocycles. The number of benzene rings is 1. The Kier molecular flexibility index (Phi) is 5.94. The van der Waals surface area contributed by atoms with Crippen LogP contribution in [0.15, 0.2) is 18.2 Å². The predicted molar refractivity (Wildman–Crippen MR) is 68.1 cm³/mol. The van der Waals surface area contributed by atoms with Gasteiger partial charge in [-0.15, -0.1) is 0 Å². The second-order valence-electron chi connectivity index (χ2n) is 4.20. The molecular formula is C13H21FN2O. The SMILES string of the molecule is CCCCN(CCO)Cc1ccc(F)cc1N. The zero-order chi connectivity index (χ0) is 12.7. The van der Waals surface area contributed by atoms with Crippen LogP contribution in [0.3, 0.4) is 0 Å². The molecule has 0 aliphatic heterocycles. The Morgan fingerprint density at radius 3 is 2.71 bits per heavy atom. The minimum Gasteiger partial charge on any atom is -0.398 e. The van der Waals surface area contributed by atoms with Crippen LogP contribution in [-0.4, -0.2) is 29.7 Å². The van der Waals surface area contributed by atoms with Crippen molar-refractivity contribution in [3.05, 3.63) is 29.6 Å². The lowest BCUT2D eigenvalue weighted by molar-refractivity contribution is 0.188. The molecule has 4 heteroatoms. The van der Waals surface area contributed by atoms with Crippen molar-refractivity contribution in [2.45, 2.75) is 26.3 Å². The van der Waals surface area contributed by atoms with Crippen LogP contribution in [0.5, 0.6) is 0 Å². The topological polar surface area (TPSA) is 49.5 Å². The summed E-state index contributed by atoms with van der Waals surface area (Å²) in [5.41, 5.74) is 7.15. The zero-order valence-corrected chi connectivity index (χ0v) is 10.3. The maximum atomic E-state index is 12.9. The molecule has 1 rings (SSSR count). The number of hydrogen-bond donors (Lipinski definition) is 2. The lowest BCUT2D eigenvalue weighted by Gasteiger charge is -2.21. The molecule has 3 nitrogen and oxygen atoms in total. The van der Waals surface area contributed by atoms with E-state index >= 15 is 0 Å². The Bertz CT molecular complexity index is 344. The van der Waals surface area contributed by atoms with Crippen LogP contribution in [0, 0.1) is 5.82 Å². The smallest absolute Gasteiger partial charge is 0.125 e. The lowest BCUT2D eigenvalue weighted by Crippen LogP contribution is -2.28. The number of anilines is 1. The van der Waals surface area contributed by atoms with E-state index in [1.807, 2.05) is 0 Å². The molecule has 0 fully saturated rings. The van der Waals surface area contributed by atoms with Crippen molar-refractivity contribution in [2.75, 3.05) is 25.4 Å². The van der Waals surface area contributed by atoms with Crippen molar-refractivity contribution in [1.82, 2.24) is 4.90 Å². The van der Waals surface area contributed by atoms with Crippen LogP contribution >= 0.6 is 0 Å². The summed E-state index contributed by atoms with van der Waals surface area (Å²) in [7, 11) is 0. The molecule has 3 N–H and O–H groups in total. The van der Waals surface area contributed by atoms with E-state index in [-0.39, 0.29) is 12.4 Å². The molecular weight excluding hydrogens is 219 g/mol. The second-order valence-corrected chi connectivity index (χ2v) is 4.20. The van der Waals surface area contributed by atoms with Gasteiger partial charge < -0.3 is 10.8 Å². The Balaban J connectivity index is 2.64. The van der Waals surface area contributed by atoms with Crippen LogP contribution in [0.2, 0.25) is 0 Å². The molecule has 0 aromatic heterocycles. The number of unbranched alkanes of at least 4 members (excludes halogenated alkanes) is 1. The van der Waals surface area contributed by atoms with Crippen molar-refractivity contribution >= 4 is 5.69 Å². The third-order valence-corrected chi connectivity index (χ3v) is 2.75. The highest BCUT2D eigenvalue weighted by Gasteiger charge is 2.07. The minimum absolute atomic E-state index is 0.130. The average molecular weight is 240 g/mol. The summed E-state index contributed by atoms with van der Waals surface area (Å²) in [5, 5.41) is 8.99. The number of nitrogens with zero attached hydrogens (tertiary/aromatic N) is 1. The van der Waals surface area contributed by atoms with Crippen molar-refractivity contribution in [3.63, 3.8) is 0 Å². The molecule has 0 saturated carbocycles. The van der Waals surface area contributed by atoms with E-state index in [1.54, 1.807) is 6.07 Å². The van der Waals surface area contributed by atoms with Gasteiger partial charge in [0.15, 0.2) is 0 Å². The van der Waals surface area contributed by atoms with E-state index in [2.05, 4.69) is 11.8 Å². The largest absolute Gasteiger partial charge is 0.398 e. The van der Waals surface area contributed by atoms with Crippen molar-refractivity contribution in [2.24, 2.45) is 0 Å². The number of nitrogens with two attached hydrogens (primary N) is 1. The first-order chi connectivity index (χ1) is 8.17. The summed E-state index contributed by atoms with van der Waals surface area (Å²) in [5.74, 6) is -0.312. The van der Waals surface area contributed by atoms with Crippen LogP contribution in [0.1, 0.15) is 25.3 Å². The monoisotopic (exact) mass is 240 g/mol.